The zero-order valence-corrected chi connectivity index (χ0v) is 36.3. The van der Waals surface area contributed by atoms with Crippen LogP contribution in [0.4, 0.5) is 19.8 Å². The monoisotopic (exact) mass is 861 g/mol. The van der Waals surface area contributed by atoms with Crippen LogP contribution in [-0.4, -0.2) is 75.0 Å². The maximum Gasteiger partial charge on any atom is 0.425 e. The highest BCUT2D eigenvalue weighted by Gasteiger charge is 2.45. The molecule has 0 saturated carbocycles. The van der Waals surface area contributed by atoms with Gasteiger partial charge >= 0.3 is 37.5 Å². The van der Waals surface area contributed by atoms with Crippen LogP contribution in [-0.2, 0) is 50.8 Å². The van der Waals surface area contributed by atoms with Crippen LogP contribution in [0.2, 0.25) is 0 Å². The summed E-state index contributed by atoms with van der Waals surface area (Å²) < 4.78 is 58.9. The summed E-state index contributed by atoms with van der Waals surface area (Å²) in [4.78, 5) is 70.1. The van der Waals surface area contributed by atoms with Crippen LogP contribution in [0.1, 0.15) is 78.8 Å². The number of benzene rings is 2. The van der Waals surface area contributed by atoms with Crippen LogP contribution >= 0.6 is 19.4 Å². The first-order valence-corrected chi connectivity index (χ1v) is 21.5. The summed E-state index contributed by atoms with van der Waals surface area (Å²) in [6.07, 6.45) is -2.72. The van der Waals surface area contributed by atoms with E-state index in [-0.39, 0.29) is 19.8 Å². The fourth-order valence-corrected chi connectivity index (χ4v) is 8.98. The minimum Gasteiger partial charge on any atom is -0.460 e. The molecule has 16 nitrogen and oxygen atoms in total. The van der Waals surface area contributed by atoms with Gasteiger partial charge in [0, 0.05) is 17.4 Å². The zero-order valence-electron chi connectivity index (χ0n) is 34.6. The van der Waals surface area contributed by atoms with Gasteiger partial charge in [-0.3, -0.25) is 18.7 Å². The second-order valence-electron chi connectivity index (χ2n) is 15.9. The normalized spacial score (nSPS) is 19.3. The lowest BCUT2D eigenvalue weighted by molar-refractivity contribution is -0.147. The topological polar surface area (TPSA) is 194 Å². The van der Waals surface area contributed by atoms with Crippen molar-refractivity contribution < 1.29 is 51.6 Å². The molecule has 322 valence electrons. The molecule has 2 heterocycles. The molecule has 0 bridgehead atoms. The Morgan fingerprint density at radius 1 is 0.831 bits per heavy atom. The number of anilines is 1. The number of esters is 2. The predicted octanol–water partition coefficient (Wildman–Crippen LogP) is 7.08. The molecule has 2 aromatic carbocycles. The van der Waals surface area contributed by atoms with Crippen molar-refractivity contribution in [3.63, 3.8) is 0 Å². The quantitative estimate of drug-likeness (QED) is 0.0894. The molecular formula is C40H53FN5O11PS. The fraction of sp³-hybridized carbons (Fsp3) is 0.500. The third kappa shape index (κ3) is 14.0. The Kier molecular flexibility index (Phi) is 16.0. The standard InChI is InChI=1S/C40H53FN5O11PS/c1-25-30(59-33(32(25)41)45-21-20-31(42-36(45)49)46(37(50)56-39(4,5)6)38(51)57-40(7,8)9)24-55-58(52,43-26(2)34(47)53-22-28-16-12-10-13-17-28)44-27(3)35(48)54-23-29-18-14-11-15-19-29/h10-21,25-27,30,32-33H,22-24H2,1-9H3,(H2,43,44,52)/t25-,26+,27+,30-,32+,33-/m1/s1. The lowest BCUT2D eigenvalue weighted by atomic mass is 10.0. The Bertz CT molecular complexity index is 1930. The predicted molar refractivity (Wildman–Crippen MR) is 219 cm³/mol. The van der Waals surface area contributed by atoms with E-state index in [4.69, 9.17) is 23.5 Å². The number of carbonyl (C=O) groups is 4. The number of thioether (sulfide) groups is 1. The summed E-state index contributed by atoms with van der Waals surface area (Å²) in [5.41, 5.74) is -1.53. The summed E-state index contributed by atoms with van der Waals surface area (Å²) >= 11 is 1.01. The van der Waals surface area contributed by atoms with Crippen LogP contribution in [0.25, 0.3) is 0 Å². The van der Waals surface area contributed by atoms with Crippen LogP contribution in [0.3, 0.4) is 0 Å². The van der Waals surface area contributed by atoms with E-state index in [0.29, 0.717) is 4.90 Å². The molecule has 1 fully saturated rings. The van der Waals surface area contributed by atoms with E-state index < -0.39 is 89.3 Å². The average Bonchev–Trinajstić information content (AvgIpc) is 3.43. The molecule has 4 rings (SSSR count). The number of carbonyl (C=O) groups excluding carboxylic acids is 4. The minimum absolute atomic E-state index is 0.0444. The van der Waals surface area contributed by atoms with E-state index in [0.717, 1.165) is 27.5 Å². The van der Waals surface area contributed by atoms with Crippen molar-refractivity contribution in [2.75, 3.05) is 11.5 Å². The summed E-state index contributed by atoms with van der Waals surface area (Å²) in [6.45, 7) is 13.5. The van der Waals surface area contributed by atoms with Crippen LogP contribution < -0.4 is 20.8 Å². The lowest BCUT2D eigenvalue weighted by Crippen LogP contribution is -2.45. The van der Waals surface area contributed by atoms with E-state index in [1.165, 1.54) is 26.1 Å². The van der Waals surface area contributed by atoms with Crippen molar-refractivity contribution in [3.8, 4) is 0 Å². The van der Waals surface area contributed by atoms with Crippen LogP contribution in [0, 0.1) is 5.92 Å². The first-order valence-electron chi connectivity index (χ1n) is 18.9. The van der Waals surface area contributed by atoms with E-state index in [1.807, 2.05) is 12.1 Å². The number of aromatic nitrogens is 2. The number of hydrogen-bond acceptors (Lipinski definition) is 13. The lowest BCUT2D eigenvalue weighted by Gasteiger charge is -2.28. The van der Waals surface area contributed by atoms with E-state index in [9.17, 15) is 28.5 Å². The number of ether oxygens (including phenoxy) is 4. The van der Waals surface area contributed by atoms with Gasteiger partial charge in [0.15, 0.2) is 5.82 Å². The van der Waals surface area contributed by atoms with Gasteiger partial charge < -0.3 is 23.5 Å². The third-order valence-electron chi connectivity index (χ3n) is 8.45. The highest BCUT2D eigenvalue weighted by molar-refractivity contribution is 8.00. The molecule has 1 aliphatic rings. The van der Waals surface area contributed by atoms with Gasteiger partial charge in [0.05, 0.1) is 6.61 Å². The number of alkyl halides is 1. The molecule has 2 amide bonds. The summed E-state index contributed by atoms with van der Waals surface area (Å²) in [7, 11) is -4.31. The Hall–Kier alpha value is -4.61. The van der Waals surface area contributed by atoms with Crippen molar-refractivity contribution in [1.29, 1.82) is 0 Å². The molecule has 0 aliphatic carbocycles. The van der Waals surface area contributed by atoms with Crippen molar-refractivity contribution in [1.82, 2.24) is 19.7 Å². The van der Waals surface area contributed by atoms with Gasteiger partial charge in [-0.05, 0) is 72.6 Å². The highest BCUT2D eigenvalue weighted by Crippen LogP contribution is 2.49. The molecule has 1 aliphatic heterocycles. The Balaban J connectivity index is 1.51. The molecule has 1 aromatic heterocycles. The van der Waals surface area contributed by atoms with Gasteiger partial charge in [-0.15, -0.1) is 11.8 Å². The Labute approximate surface area is 347 Å². The Morgan fingerprint density at radius 2 is 1.29 bits per heavy atom. The van der Waals surface area contributed by atoms with Gasteiger partial charge in [-0.1, -0.05) is 67.6 Å². The first-order chi connectivity index (χ1) is 27.6. The molecule has 1 saturated heterocycles. The van der Waals surface area contributed by atoms with Crippen molar-refractivity contribution >= 4 is 49.4 Å². The van der Waals surface area contributed by atoms with Crippen molar-refractivity contribution in [2.45, 2.75) is 116 Å². The molecule has 6 atom stereocenters. The van der Waals surface area contributed by atoms with Gasteiger partial charge in [0.1, 0.15) is 48.0 Å². The average molecular weight is 862 g/mol. The van der Waals surface area contributed by atoms with E-state index >= 15 is 4.39 Å². The van der Waals surface area contributed by atoms with E-state index in [1.54, 1.807) is 97.0 Å². The zero-order chi connectivity index (χ0) is 43.7. The number of hydrogen-bond donors (Lipinski definition) is 2. The third-order valence-corrected chi connectivity index (χ3v) is 12.1. The molecule has 19 heteroatoms. The maximum atomic E-state index is 16.0. The van der Waals surface area contributed by atoms with Gasteiger partial charge in [-0.25, -0.2) is 28.9 Å². The number of amides is 2. The number of imide groups is 1. The van der Waals surface area contributed by atoms with Crippen molar-refractivity contribution in [3.05, 3.63) is 94.5 Å². The summed E-state index contributed by atoms with van der Waals surface area (Å²) in [6, 6.07) is 16.7. The van der Waals surface area contributed by atoms with Gasteiger partial charge in [0.25, 0.3) is 0 Å². The molecular weight excluding hydrogens is 809 g/mol. The minimum atomic E-state index is -4.31. The number of halogens is 1. The Morgan fingerprint density at radius 3 is 1.71 bits per heavy atom. The summed E-state index contributed by atoms with van der Waals surface area (Å²) in [5.74, 6) is -2.67. The number of rotatable bonds is 15. The van der Waals surface area contributed by atoms with Gasteiger partial charge in [0.2, 0.25) is 0 Å². The molecule has 2 N–H and O–H groups in total. The van der Waals surface area contributed by atoms with E-state index in [2.05, 4.69) is 15.2 Å². The fourth-order valence-electron chi connectivity index (χ4n) is 5.46. The van der Waals surface area contributed by atoms with Crippen molar-refractivity contribution in [2.24, 2.45) is 5.92 Å². The smallest absolute Gasteiger partial charge is 0.425 e. The highest BCUT2D eigenvalue weighted by atomic mass is 32.2. The molecule has 0 spiro atoms. The van der Waals surface area contributed by atoms with Crippen LogP contribution in [0.5, 0.6) is 0 Å². The molecule has 3 aromatic rings. The molecule has 0 unspecified atom stereocenters. The largest absolute Gasteiger partial charge is 0.460 e. The van der Waals surface area contributed by atoms with Crippen LogP contribution in [0.15, 0.2) is 77.7 Å². The summed E-state index contributed by atoms with van der Waals surface area (Å²) in [5, 5.41) is 3.43. The number of nitrogens with one attached hydrogen (secondary N) is 2. The second-order valence-corrected chi connectivity index (χ2v) is 19.1. The SMILES string of the molecule is C[C@H]1[C@H](F)[C@H](n2ccc(N(C(=O)OC(C)(C)C)C(=O)OC(C)(C)C)nc2=O)S[C@@H]1COP(=O)(N[C@@H](C)C(=O)OCc1ccccc1)N[C@@H](C)C(=O)OCc1ccccc1. The number of nitrogens with zero attached hydrogens (tertiary/aromatic N) is 3. The first kappa shape index (κ1) is 47.1. The molecule has 0 radical (unpaired) electrons. The van der Waals surface area contributed by atoms with Gasteiger partial charge in [-0.2, -0.15) is 9.88 Å². The second kappa shape index (κ2) is 20.1. The maximum absolute atomic E-state index is 16.0. The molecule has 59 heavy (non-hydrogen) atoms.